The van der Waals surface area contributed by atoms with E-state index in [4.69, 9.17) is 4.52 Å². The van der Waals surface area contributed by atoms with E-state index in [2.05, 4.69) is 20.4 Å². The molecule has 1 aliphatic rings. The smallest absolute Gasteiger partial charge is 0.252 e. The Morgan fingerprint density at radius 2 is 2.27 bits per heavy atom. The summed E-state index contributed by atoms with van der Waals surface area (Å²) in [6, 6.07) is 7.05. The van der Waals surface area contributed by atoms with Crippen molar-refractivity contribution < 1.29 is 17.7 Å². The Morgan fingerprint density at radius 1 is 1.40 bits per heavy atom. The van der Waals surface area contributed by atoms with Gasteiger partial charge in [0.15, 0.2) is 0 Å². The molecular weight excluding hydrogens is 426 g/mol. The van der Waals surface area contributed by atoms with Gasteiger partial charge in [0.2, 0.25) is 17.6 Å². The van der Waals surface area contributed by atoms with Crippen molar-refractivity contribution in [2.75, 3.05) is 13.1 Å². The van der Waals surface area contributed by atoms with Crippen LogP contribution in [0.3, 0.4) is 0 Å². The van der Waals surface area contributed by atoms with E-state index >= 15 is 0 Å². The average molecular weight is 448 g/mol. The lowest BCUT2D eigenvalue weighted by molar-refractivity contribution is -0.126. The molecule has 1 fully saturated rings. The lowest BCUT2D eigenvalue weighted by Gasteiger charge is -2.30. The summed E-state index contributed by atoms with van der Waals surface area (Å²) in [6.45, 7) is 2.54. The second-order valence-electron chi connectivity index (χ2n) is 7.03. The molecule has 9 nitrogen and oxygen atoms in total. The van der Waals surface area contributed by atoms with Gasteiger partial charge in [-0.1, -0.05) is 11.2 Å². The summed E-state index contributed by atoms with van der Waals surface area (Å²) in [5, 5.41) is 8.38. The number of carbonyl (C=O) groups excluding carboxylic acids is 1. The number of carbonyl (C=O) groups is 1. The minimum atomic E-state index is -3.70. The summed E-state index contributed by atoms with van der Waals surface area (Å²) >= 11 is 1.11. The van der Waals surface area contributed by atoms with Gasteiger partial charge in [0.1, 0.15) is 4.21 Å². The van der Waals surface area contributed by atoms with Crippen LogP contribution in [0.4, 0.5) is 0 Å². The first-order chi connectivity index (χ1) is 14.4. The first kappa shape index (κ1) is 20.6. The van der Waals surface area contributed by atoms with Crippen LogP contribution in [0, 0.1) is 12.8 Å². The van der Waals surface area contributed by atoms with E-state index in [0.717, 1.165) is 17.0 Å². The standard InChI is InChI=1S/C19H21N5O4S2/c1-13-22-18(23-28-13)15-9-17(29-12-15)30(26,27)24-8-4-5-14(11-24)19(25)21-10-16-6-2-3-7-20-16/h2-3,6-7,9,12,14H,4-5,8,10-11H2,1H3,(H,21,25)/t14-/m1/s1. The number of aromatic nitrogens is 3. The Kier molecular flexibility index (Phi) is 5.93. The van der Waals surface area contributed by atoms with Gasteiger partial charge in [-0.05, 0) is 31.0 Å². The minimum absolute atomic E-state index is 0.158. The highest BCUT2D eigenvalue weighted by Crippen LogP contribution is 2.31. The second-order valence-corrected chi connectivity index (χ2v) is 10.1. The fourth-order valence-corrected chi connectivity index (χ4v) is 6.15. The number of hydrogen-bond donors (Lipinski definition) is 1. The molecule has 0 aliphatic carbocycles. The van der Waals surface area contributed by atoms with Crippen molar-refractivity contribution in [1.82, 2.24) is 24.7 Å². The number of piperidine rings is 1. The molecule has 4 rings (SSSR count). The summed E-state index contributed by atoms with van der Waals surface area (Å²) in [5.41, 5.74) is 1.35. The van der Waals surface area contributed by atoms with Crippen LogP contribution < -0.4 is 5.32 Å². The van der Waals surface area contributed by atoms with Gasteiger partial charge in [0.05, 0.1) is 18.2 Å². The number of pyridine rings is 1. The van der Waals surface area contributed by atoms with Gasteiger partial charge in [0.25, 0.3) is 10.0 Å². The van der Waals surface area contributed by atoms with Gasteiger partial charge >= 0.3 is 0 Å². The molecule has 3 aromatic heterocycles. The molecule has 1 amide bonds. The van der Waals surface area contributed by atoms with Gasteiger partial charge < -0.3 is 9.84 Å². The normalized spacial score (nSPS) is 17.7. The van der Waals surface area contributed by atoms with Crippen LogP contribution in [-0.4, -0.2) is 46.8 Å². The monoisotopic (exact) mass is 447 g/mol. The van der Waals surface area contributed by atoms with Crippen molar-refractivity contribution in [2.45, 2.75) is 30.5 Å². The second kappa shape index (κ2) is 8.62. The van der Waals surface area contributed by atoms with Crippen LogP contribution in [0.25, 0.3) is 11.4 Å². The fraction of sp³-hybridized carbons (Fsp3) is 0.368. The maximum Gasteiger partial charge on any atom is 0.252 e. The Labute approximate surface area is 178 Å². The number of thiophene rings is 1. The van der Waals surface area contributed by atoms with Crippen molar-refractivity contribution >= 4 is 27.3 Å². The summed E-state index contributed by atoms with van der Waals surface area (Å²) in [5.74, 6) is 0.220. The number of sulfonamides is 1. The molecule has 1 atom stereocenters. The van der Waals surface area contributed by atoms with Crippen LogP contribution in [-0.2, 0) is 21.4 Å². The molecule has 1 saturated heterocycles. The highest BCUT2D eigenvalue weighted by molar-refractivity contribution is 7.91. The van der Waals surface area contributed by atoms with E-state index in [1.807, 2.05) is 18.2 Å². The van der Waals surface area contributed by atoms with Crippen LogP contribution >= 0.6 is 11.3 Å². The van der Waals surface area contributed by atoms with E-state index in [-0.39, 0.29) is 16.7 Å². The number of hydrogen-bond acceptors (Lipinski definition) is 8. The van der Waals surface area contributed by atoms with Crippen molar-refractivity contribution in [2.24, 2.45) is 5.92 Å². The van der Waals surface area contributed by atoms with E-state index in [1.165, 1.54) is 4.31 Å². The van der Waals surface area contributed by atoms with Crippen LogP contribution in [0.5, 0.6) is 0 Å². The van der Waals surface area contributed by atoms with E-state index in [1.54, 1.807) is 24.6 Å². The zero-order valence-electron chi connectivity index (χ0n) is 16.3. The molecule has 0 saturated carbocycles. The van der Waals surface area contributed by atoms with Crippen LogP contribution in [0.1, 0.15) is 24.4 Å². The molecule has 0 spiro atoms. The van der Waals surface area contributed by atoms with Crippen molar-refractivity contribution in [3.8, 4) is 11.4 Å². The van der Waals surface area contributed by atoms with Crippen molar-refractivity contribution in [1.29, 1.82) is 0 Å². The third-order valence-corrected chi connectivity index (χ3v) is 8.16. The third kappa shape index (κ3) is 4.42. The summed E-state index contributed by atoms with van der Waals surface area (Å²) in [6.07, 6.45) is 2.95. The van der Waals surface area contributed by atoms with E-state index in [9.17, 15) is 13.2 Å². The Morgan fingerprint density at radius 3 is 3.00 bits per heavy atom. The molecule has 4 heterocycles. The van der Waals surface area contributed by atoms with Crippen molar-refractivity contribution in [3.05, 3.63) is 47.4 Å². The van der Waals surface area contributed by atoms with E-state index in [0.29, 0.717) is 43.2 Å². The number of amides is 1. The lowest BCUT2D eigenvalue weighted by atomic mass is 9.99. The van der Waals surface area contributed by atoms with Gasteiger partial charge in [-0.3, -0.25) is 9.78 Å². The zero-order valence-corrected chi connectivity index (χ0v) is 17.9. The summed E-state index contributed by atoms with van der Waals surface area (Å²) in [7, 11) is -3.70. The molecule has 0 bridgehead atoms. The SMILES string of the molecule is Cc1nc(-c2csc(S(=O)(=O)N3CCC[C@@H](C(=O)NCc4ccccn4)C3)c2)no1. The Hall–Kier alpha value is -2.63. The van der Waals surface area contributed by atoms with Gasteiger partial charge in [0, 0.05) is 37.2 Å². The highest BCUT2D eigenvalue weighted by Gasteiger charge is 2.34. The Balaban J connectivity index is 1.43. The molecule has 30 heavy (non-hydrogen) atoms. The predicted octanol–water partition coefficient (Wildman–Crippen LogP) is 2.22. The zero-order chi connectivity index (χ0) is 21.1. The van der Waals surface area contributed by atoms with Gasteiger partial charge in [-0.2, -0.15) is 9.29 Å². The minimum Gasteiger partial charge on any atom is -0.350 e. The summed E-state index contributed by atoms with van der Waals surface area (Å²) in [4.78, 5) is 20.9. The first-order valence-corrected chi connectivity index (χ1v) is 11.8. The van der Waals surface area contributed by atoms with Gasteiger partial charge in [-0.25, -0.2) is 8.42 Å². The third-order valence-electron chi connectivity index (χ3n) is 4.88. The lowest BCUT2D eigenvalue weighted by Crippen LogP contribution is -2.45. The molecule has 0 aromatic carbocycles. The predicted molar refractivity (Wildman–Crippen MR) is 110 cm³/mol. The summed E-state index contributed by atoms with van der Waals surface area (Å²) < 4.78 is 32.8. The molecule has 1 aliphatic heterocycles. The van der Waals surface area contributed by atoms with Crippen LogP contribution in [0.15, 0.2) is 44.6 Å². The molecule has 158 valence electrons. The maximum atomic E-state index is 13.1. The number of nitrogens with zero attached hydrogens (tertiary/aromatic N) is 4. The molecule has 3 aromatic rings. The number of nitrogens with one attached hydrogen (secondary N) is 1. The maximum absolute atomic E-state index is 13.1. The number of aryl methyl sites for hydroxylation is 1. The average Bonchev–Trinajstić information content (AvgIpc) is 3.42. The topological polar surface area (TPSA) is 118 Å². The number of rotatable bonds is 6. The van der Waals surface area contributed by atoms with Gasteiger partial charge in [-0.15, -0.1) is 11.3 Å². The van der Waals surface area contributed by atoms with E-state index < -0.39 is 15.9 Å². The first-order valence-electron chi connectivity index (χ1n) is 9.50. The fourth-order valence-electron chi connectivity index (χ4n) is 3.31. The molecule has 11 heteroatoms. The largest absolute Gasteiger partial charge is 0.350 e. The molecule has 0 unspecified atom stereocenters. The van der Waals surface area contributed by atoms with Crippen LogP contribution in [0.2, 0.25) is 0 Å². The van der Waals surface area contributed by atoms with Crippen molar-refractivity contribution in [3.63, 3.8) is 0 Å². The quantitative estimate of drug-likeness (QED) is 0.615. The molecule has 1 N–H and O–H groups in total. The Bertz CT molecular complexity index is 1130. The molecular formula is C19H21N5O4S2. The highest BCUT2D eigenvalue weighted by atomic mass is 32.2. The molecule has 0 radical (unpaired) electrons.